The van der Waals surface area contributed by atoms with Gasteiger partial charge in [0.2, 0.25) is 0 Å². The minimum absolute atomic E-state index is 0.173. The summed E-state index contributed by atoms with van der Waals surface area (Å²) < 4.78 is 11.5. The molecule has 0 aliphatic rings. The van der Waals surface area contributed by atoms with Crippen LogP contribution in [0.2, 0.25) is 0 Å². The highest BCUT2D eigenvalue weighted by Crippen LogP contribution is 2.22. The van der Waals surface area contributed by atoms with E-state index in [4.69, 9.17) is 0 Å². The van der Waals surface area contributed by atoms with Gasteiger partial charge in [0.25, 0.3) is 0 Å². The molecule has 0 bridgehead atoms. The van der Waals surface area contributed by atoms with E-state index >= 15 is 0 Å². The fraction of sp³-hybridized carbons (Fsp3) is 0.500. The maximum atomic E-state index is 11.5. The van der Waals surface area contributed by atoms with Crippen molar-refractivity contribution in [3.8, 4) is 0 Å². The van der Waals surface area contributed by atoms with Crippen molar-refractivity contribution in [1.82, 2.24) is 0 Å². The zero-order chi connectivity index (χ0) is 10.8. The topological polar surface area (TPSA) is 17.1 Å². The Morgan fingerprint density at radius 2 is 1.64 bits per heavy atom. The van der Waals surface area contributed by atoms with Crippen LogP contribution in [0.5, 0.6) is 0 Å². The summed E-state index contributed by atoms with van der Waals surface area (Å²) in [6.07, 6.45) is 0. The van der Waals surface area contributed by atoms with E-state index in [1.54, 1.807) is 0 Å². The minimum atomic E-state index is -0.825. The quantitative estimate of drug-likeness (QED) is 0.733. The van der Waals surface area contributed by atoms with E-state index in [-0.39, 0.29) is 5.41 Å². The Kier molecular flexibility index (Phi) is 3.48. The molecule has 0 aromatic heterocycles. The van der Waals surface area contributed by atoms with Crippen molar-refractivity contribution in [3.63, 3.8) is 0 Å². The molecule has 1 rings (SSSR count). The van der Waals surface area contributed by atoms with E-state index in [1.165, 1.54) is 5.56 Å². The zero-order valence-electron chi connectivity index (χ0n) is 9.33. The van der Waals surface area contributed by atoms with Crippen LogP contribution in [-0.4, -0.2) is 9.96 Å². The average Bonchev–Trinajstić information content (AvgIpc) is 2.15. The van der Waals surface area contributed by atoms with Gasteiger partial charge in [-0.2, -0.15) is 0 Å². The van der Waals surface area contributed by atoms with Crippen molar-refractivity contribution in [2.24, 2.45) is 0 Å². The molecule has 0 spiro atoms. The molecule has 0 N–H and O–H groups in total. The highest BCUT2D eigenvalue weighted by molar-refractivity contribution is 7.85. The van der Waals surface area contributed by atoms with Gasteiger partial charge in [-0.05, 0) is 23.1 Å². The molecule has 0 heterocycles. The third-order valence-electron chi connectivity index (χ3n) is 2.25. The highest BCUT2D eigenvalue weighted by atomic mass is 32.2. The van der Waals surface area contributed by atoms with Gasteiger partial charge in [0, 0.05) is 10.6 Å². The molecule has 0 aliphatic carbocycles. The molecular formula is C12H18OS. The van der Waals surface area contributed by atoms with Gasteiger partial charge < -0.3 is 0 Å². The van der Waals surface area contributed by atoms with E-state index in [2.05, 4.69) is 32.9 Å². The molecule has 2 heteroatoms. The maximum Gasteiger partial charge on any atom is 0.0526 e. The van der Waals surface area contributed by atoms with Crippen molar-refractivity contribution in [3.05, 3.63) is 29.8 Å². The van der Waals surface area contributed by atoms with Gasteiger partial charge in [-0.1, -0.05) is 39.8 Å². The van der Waals surface area contributed by atoms with Crippen molar-refractivity contribution in [2.75, 3.05) is 5.75 Å². The average molecular weight is 210 g/mol. The summed E-state index contributed by atoms with van der Waals surface area (Å²) in [5.41, 5.74) is 1.46. The van der Waals surface area contributed by atoms with E-state index in [0.29, 0.717) is 5.75 Å². The summed E-state index contributed by atoms with van der Waals surface area (Å²) in [6.45, 7) is 8.48. The lowest BCUT2D eigenvalue weighted by Crippen LogP contribution is -2.10. The summed E-state index contributed by atoms with van der Waals surface area (Å²) in [4.78, 5) is 0.931. The van der Waals surface area contributed by atoms with Gasteiger partial charge in [-0.15, -0.1) is 0 Å². The molecule has 1 nitrogen and oxygen atoms in total. The molecule has 0 radical (unpaired) electrons. The largest absolute Gasteiger partial charge is 0.254 e. The molecule has 1 unspecified atom stereocenters. The smallest absolute Gasteiger partial charge is 0.0526 e. The zero-order valence-corrected chi connectivity index (χ0v) is 10.1. The summed E-state index contributed by atoms with van der Waals surface area (Å²) in [5.74, 6) is 0.689. The molecule has 1 aromatic carbocycles. The normalized spacial score (nSPS) is 14.0. The van der Waals surface area contributed by atoms with Crippen LogP contribution in [0, 0.1) is 0 Å². The predicted molar refractivity (Wildman–Crippen MR) is 62.1 cm³/mol. The first kappa shape index (κ1) is 11.4. The summed E-state index contributed by atoms with van der Waals surface area (Å²) in [7, 11) is -0.825. The monoisotopic (exact) mass is 210 g/mol. The SMILES string of the molecule is CCS(=O)c1ccc(C(C)(C)C)cc1. The molecule has 78 valence electrons. The lowest BCUT2D eigenvalue weighted by Gasteiger charge is -2.18. The Labute approximate surface area is 89.0 Å². The molecule has 0 fully saturated rings. The van der Waals surface area contributed by atoms with Crippen LogP contribution < -0.4 is 0 Å². The van der Waals surface area contributed by atoms with E-state index in [9.17, 15) is 4.21 Å². The van der Waals surface area contributed by atoms with Crippen molar-refractivity contribution >= 4 is 10.8 Å². The summed E-state index contributed by atoms with van der Waals surface area (Å²) in [5, 5.41) is 0. The van der Waals surface area contributed by atoms with Gasteiger partial charge >= 0.3 is 0 Å². The highest BCUT2D eigenvalue weighted by Gasteiger charge is 2.13. The second-order valence-corrected chi connectivity index (χ2v) is 6.15. The molecule has 0 amide bonds. The van der Waals surface area contributed by atoms with Crippen LogP contribution in [0.4, 0.5) is 0 Å². The van der Waals surface area contributed by atoms with Gasteiger partial charge in [0.1, 0.15) is 0 Å². The number of benzene rings is 1. The van der Waals surface area contributed by atoms with Gasteiger partial charge in [0.05, 0.1) is 10.8 Å². The fourth-order valence-corrected chi connectivity index (χ4v) is 2.05. The van der Waals surface area contributed by atoms with Gasteiger partial charge in [-0.3, -0.25) is 4.21 Å². The van der Waals surface area contributed by atoms with Gasteiger partial charge in [-0.25, -0.2) is 0 Å². The first-order valence-corrected chi connectivity index (χ1v) is 6.26. The number of hydrogen-bond acceptors (Lipinski definition) is 1. The van der Waals surface area contributed by atoms with E-state index in [1.807, 2.05) is 19.1 Å². The van der Waals surface area contributed by atoms with Crippen molar-refractivity contribution in [1.29, 1.82) is 0 Å². The first-order valence-electron chi connectivity index (χ1n) is 4.94. The van der Waals surface area contributed by atoms with Crippen LogP contribution in [0.15, 0.2) is 29.2 Å². The van der Waals surface area contributed by atoms with Crippen LogP contribution in [0.1, 0.15) is 33.3 Å². The van der Waals surface area contributed by atoms with Crippen LogP contribution >= 0.6 is 0 Å². The number of hydrogen-bond donors (Lipinski definition) is 0. The Morgan fingerprint density at radius 3 is 2.00 bits per heavy atom. The Hall–Kier alpha value is -0.630. The Balaban J connectivity index is 2.95. The lowest BCUT2D eigenvalue weighted by molar-refractivity contribution is 0.589. The second kappa shape index (κ2) is 4.26. The predicted octanol–water partition coefficient (Wildman–Crippen LogP) is 3.11. The molecule has 0 saturated heterocycles. The molecule has 0 aliphatic heterocycles. The second-order valence-electron chi connectivity index (χ2n) is 4.41. The van der Waals surface area contributed by atoms with Gasteiger partial charge in [0.15, 0.2) is 0 Å². The minimum Gasteiger partial charge on any atom is -0.254 e. The fourth-order valence-electron chi connectivity index (χ4n) is 1.27. The first-order chi connectivity index (χ1) is 6.45. The Morgan fingerprint density at radius 1 is 1.14 bits per heavy atom. The molecule has 1 aromatic rings. The third kappa shape index (κ3) is 2.68. The van der Waals surface area contributed by atoms with Crippen LogP contribution in [-0.2, 0) is 16.2 Å². The molecule has 1 atom stereocenters. The van der Waals surface area contributed by atoms with E-state index < -0.39 is 10.8 Å². The number of rotatable bonds is 2. The molecule has 14 heavy (non-hydrogen) atoms. The van der Waals surface area contributed by atoms with Crippen molar-refractivity contribution < 1.29 is 4.21 Å². The van der Waals surface area contributed by atoms with Crippen LogP contribution in [0.3, 0.4) is 0 Å². The van der Waals surface area contributed by atoms with Crippen LogP contribution in [0.25, 0.3) is 0 Å². The summed E-state index contributed by atoms with van der Waals surface area (Å²) >= 11 is 0. The Bertz CT molecular complexity index is 319. The molecular weight excluding hydrogens is 192 g/mol. The standard InChI is InChI=1S/C12H18OS/c1-5-14(13)11-8-6-10(7-9-11)12(2,3)4/h6-9H,5H2,1-4H3. The maximum absolute atomic E-state index is 11.5. The van der Waals surface area contributed by atoms with Crippen molar-refractivity contribution in [2.45, 2.75) is 38.0 Å². The third-order valence-corrected chi connectivity index (χ3v) is 3.57. The molecule has 0 saturated carbocycles. The van der Waals surface area contributed by atoms with E-state index in [0.717, 1.165) is 4.90 Å². The lowest BCUT2D eigenvalue weighted by atomic mass is 9.87. The summed E-state index contributed by atoms with van der Waals surface area (Å²) in [6, 6.07) is 8.09.